The van der Waals surface area contributed by atoms with Crippen molar-refractivity contribution in [1.82, 2.24) is 4.90 Å². The average Bonchev–Trinajstić information content (AvgIpc) is 3.05. The molecule has 110 valence electrons. The Hall–Kier alpha value is -2.00. The summed E-state index contributed by atoms with van der Waals surface area (Å²) in [6, 6.07) is 18.0. The highest BCUT2D eigenvalue weighted by molar-refractivity contribution is 5.47. The van der Waals surface area contributed by atoms with Crippen LogP contribution in [-0.2, 0) is 0 Å². The molecule has 0 aromatic heterocycles. The summed E-state index contributed by atoms with van der Waals surface area (Å²) in [7, 11) is 0. The van der Waals surface area contributed by atoms with Crippen LogP contribution in [0.3, 0.4) is 0 Å². The van der Waals surface area contributed by atoms with Crippen LogP contribution >= 0.6 is 0 Å². The van der Waals surface area contributed by atoms with Crippen LogP contribution in [0.2, 0.25) is 0 Å². The van der Waals surface area contributed by atoms with Crippen LogP contribution in [0.1, 0.15) is 19.8 Å². The number of benzene rings is 2. The van der Waals surface area contributed by atoms with E-state index < -0.39 is 0 Å². The summed E-state index contributed by atoms with van der Waals surface area (Å²) in [4.78, 5) is 2.48. The van der Waals surface area contributed by atoms with Crippen molar-refractivity contribution in [3.8, 4) is 11.5 Å². The second kappa shape index (κ2) is 6.64. The predicted molar refractivity (Wildman–Crippen MR) is 86.8 cm³/mol. The average molecular weight is 282 g/mol. The van der Waals surface area contributed by atoms with E-state index in [0.717, 1.165) is 17.2 Å². The van der Waals surface area contributed by atoms with Crippen molar-refractivity contribution in [2.45, 2.75) is 25.9 Å². The lowest BCUT2D eigenvalue weighted by Crippen LogP contribution is -2.36. The SMILES string of the molecule is CC(Nc1ccc(Oc2ccccc2)cc1)N1CCCC1. The van der Waals surface area contributed by atoms with Crippen LogP contribution in [-0.4, -0.2) is 24.2 Å². The minimum atomic E-state index is 0.383. The molecule has 3 nitrogen and oxygen atoms in total. The van der Waals surface area contributed by atoms with Gasteiger partial charge in [0.2, 0.25) is 0 Å². The third-order valence-corrected chi connectivity index (χ3v) is 3.90. The molecule has 1 atom stereocenters. The third-order valence-electron chi connectivity index (χ3n) is 3.90. The predicted octanol–water partition coefficient (Wildman–Crippen LogP) is 4.33. The maximum Gasteiger partial charge on any atom is 0.127 e. The molecule has 0 radical (unpaired) electrons. The van der Waals surface area contributed by atoms with Gasteiger partial charge in [-0.25, -0.2) is 0 Å². The summed E-state index contributed by atoms with van der Waals surface area (Å²) in [6.07, 6.45) is 3.01. The molecule has 1 unspecified atom stereocenters. The maximum atomic E-state index is 5.80. The number of hydrogen-bond donors (Lipinski definition) is 1. The number of likely N-dealkylation sites (tertiary alicyclic amines) is 1. The first-order valence-electron chi connectivity index (χ1n) is 7.65. The van der Waals surface area contributed by atoms with E-state index in [0.29, 0.717) is 6.17 Å². The van der Waals surface area contributed by atoms with Gasteiger partial charge in [-0.15, -0.1) is 0 Å². The number of hydrogen-bond acceptors (Lipinski definition) is 3. The fourth-order valence-electron chi connectivity index (χ4n) is 2.71. The summed E-state index contributed by atoms with van der Waals surface area (Å²) in [5, 5.41) is 3.55. The van der Waals surface area contributed by atoms with E-state index >= 15 is 0 Å². The summed E-state index contributed by atoms with van der Waals surface area (Å²) in [6.45, 7) is 4.62. The van der Waals surface area contributed by atoms with E-state index in [2.05, 4.69) is 29.3 Å². The van der Waals surface area contributed by atoms with Gasteiger partial charge in [-0.05, 0) is 56.2 Å². The van der Waals surface area contributed by atoms with Crippen molar-refractivity contribution in [2.75, 3.05) is 18.4 Å². The van der Waals surface area contributed by atoms with Gasteiger partial charge in [0.25, 0.3) is 0 Å². The van der Waals surface area contributed by atoms with Crippen LogP contribution in [0.5, 0.6) is 11.5 Å². The van der Waals surface area contributed by atoms with Gasteiger partial charge in [-0.1, -0.05) is 18.2 Å². The Morgan fingerprint density at radius 3 is 2.19 bits per heavy atom. The van der Waals surface area contributed by atoms with Gasteiger partial charge in [0, 0.05) is 18.8 Å². The Morgan fingerprint density at radius 1 is 0.905 bits per heavy atom. The molecule has 2 aromatic carbocycles. The van der Waals surface area contributed by atoms with E-state index in [4.69, 9.17) is 4.74 Å². The van der Waals surface area contributed by atoms with Gasteiger partial charge in [0.1, 0.15) is 11.5 Å². The van der Waals surface area contributed by atoms with Gasteiger partial charge in [-0.2, -0.15) is 0 Å². The van der Waals surface area contributed by atoms with Crippen molar-refractivity contribution in [3.05, 3.63) is 54.6 Å². The lowest BCUT2D eigenvalue weighted by atomic mass is 10.3. The van der Waals surface area contributed by atoms with Gasteiger partial charge in [0.05, 0.1) is 6.17 Å². The molecule has 3 heteroatoms. The molecule has 1 N–H and O–H groups in total. The van der Waals surface area contributed by atoms with E-state index in [1.807, 2.05) is 42.5 Å². The second-order valence-electron chi connectivity index (χ2n) is 5.50. The Labute approximate surface area is 126 Å². The van der Waals surface area contributed by atoms with Gasteiger partial charge < -0.3 is 10.1 Å². The third kappa shape index (κ3) is 3.76. The van der Waals surface area contributed by atoms with Crippen molar-refractivity contribution in [2.24, 2.45) is 0 Å². The molecular weight excluding hydrogens is 260 g/mol. The maximum absolute atomic E-state index is 5.80. The zero-order valence-electron chi connectivity index (χ0n) is 12.5. The first kappa shape index (κ1) is 14.0. The second-order valence-corrected chi connectivity index (χ2v) is 5.50. The molecule has 21 heavy (non-hydrogen) atoms. The molecule has 0 aliphatic carbocycles. The largest absolute Gasteiger partial charge is 0.457 e. The minimum absolute atomic E-state index is 0.383. The topological polar surface area (TPSA) is 24.5 Å². The van der Waals surface area contributed by atoms with Crippen molar-refractivity contribution >= 4 is 5.69 Å². The first-order valence-corrected chi connectivity index (χ1v) is 7.65. The standard InChI is InChI=1S/C18H22N2O/c1-15(20-13-5-6-14-20)19-16-9-11-18(12-10-16)21-17-7-3-2-4-8-17/h2-4,7-12,15,19H,5-6,13-14H2,1H3. The van der Waals surface area contributed by atoms with Gasteiger partial charge >= 0.3 is 0 Å². The molecule has 2 aromatic rings. The monoisotopic (exact) mass is 282 g/mol. The van der Waals surface area contributed by atoms with Gasteiger partial charge in [-0.3, -0.25) is 4.90 Å². The molecule has 0 bridgehead atoms. The zero-order chi connectivity index (χ0) is 14.5. The fraction of sp³-hybridized carbons (Fsp3) is 0.333. The van der Waals surface area contributed by atoms with Crippen molar-refractivity contribution < 1.29 is 4.74 Å². The number of nitrogens with one attached hydrogen (secondary N) is 1. The molecule has 0 saturated carbocycles. The van der Waals surface area contributed by atoms with Crippen LogP contribution in [0.25, 0.3) is 0 Å². The number of nitrogens with zero attached hydrogens (tertiary/aromatic N) is 1. The summed E-state index contributed by atoms with van der Waals surface area (Å²) in [5.74, 6) is 1.73. The molecule has 1 heterocycles. The lowest BCUT2D eigenvalue weighted by molar-refractivity contribution is 0.283. The molecule has 0 amide bonds. The Balaban J connectivity index is 1.58. The Kier molecular flexibility index (Phi) is 4.41. The summed E-state index contributed by atoms with van der Waals surface area (Å²) < 4.78 is 5.80. The Morgan fingerprint density at radius 2 is 1.52 bits per heavy atom. The normalized spacial score (nSPS) is 16.6. The zero-order valence-corrected chi connectivity index (χ0v) is 12.5. The van der Waals surface area contributed by atoms with Crippen molar-refractivity contribution in [3.63, 3.8) is 0 Å². The molecule has 1 saturated heterocycles. The Bertz CT molecular complexity index is 547. The van der Waals surface area contributed by atoms with Crippen molar-refractivity contribution in [1.29, 1.82) is 0 Å². The first-order chi connectivity index (χ1) is 10.3. The van der Waals surface area contributed by atoms with E-state index in [9.17, 15) is 0 Å². The fourth-order valence-corrected chi connectivity index (χ4v) is 2.71. The van der Waals surface area contributed by atoms with Crippen LogP contribution in [0.15, 0.2) is 54.6 Å². The van der Waals surface area contributed by atoms with Gasteiger partial charge in [0.15, 0.2) is 0 Å². The van der Waals surface area contributed by atoms with E-state index in [1.54, 1.807) is 0 Å². The summed E-state index contributed by atoms with van der Waals surface area (Å²) in [5.41, 5.74) is 1.13. The molecule has 1 fully saturated rings. The number of rotatable bonds is 5. The quantitative estimate of drug-likeness (QED) is 0.883. The van der Waals surface area contributed by atoms with Crippen LogP contribution < -0.4 is 10.1 Å². The number of ether oxygens (including phenoxy) is 1. The smallest absolute Gasteiger partial charge is 0.127 e. The van der Waals surface area contributed by atoms with Crippen LogP contribution in [0.4, 0.5) is 5.69 Å². The highest BCUT2D eigenvalue weighted by Gasteiger charge is 2.17. The van der Waals surface area contributed by atoms with E-state index in [-0.39, 0.29) is 0 Å². The van der Waals surface area contributed by atoms with Crippen LogP contribution in [0, 0.1) is 0 Å². The van der Waals surface area contributed by atoms with E-state index in [1.165, 1.54) is 25.9 Å². The minimum Gasteiger partial charge on any atom is -0.457 e. The molecule has 0 spiro atoms. The summed E-state index contributed by atoms with van der Waals surface area (Å²) >= 11 is 0. The number of anilines is 1. The highest BCUT2D eigenvalue weighted by atomic mass is 16.5. The molecule has 1 aliphatic rings. The molecule has 3 rings (SSSR count). The lowest BCUT2D eigenvalue weighted by Gasteiger charge is -2.25. The molecular formula is C18H22N2O. The molecule has 1 aliphatic heterocycles. The number of para-hydroxylation sites is 1. The highest BCUT2D eigenvalue weighted by Crippen LogP contribution is 2.23.